The predicted molar refractivity (Wildman–Crippen MR) is 68.1 cm³/mol. The van der Waals surface area contributed by atoms with Crippen LogP contribution in [0.25, 0.3) is 0 Å². The molecule has 1 nitrogen and oxygen atoms in total. The maximum atomic E-state index is 2.58. The second-order valence-electron chi connectivity index (χ2n) is 5.43. The molecular weight excluding hydrogens is 182 g/mol. The molecule has 0 amide bonds. The van der Waals surface area contributed by atoms with Crippen LogP contribution in [-0.2, 0) is 0 Å². The Morgan fingerprint density at radius 1 is 1.20 bits per heavy atom. The Labute approximate surface area is 96.2 Å². The van der Waals surface area contributed by atoms with Crippen LogP contribution < -0.4 is 0 Å². The van der Waals surface area contributed by atoms with Crippen molar-refractivity contribution in [3.8, 4) is 0 Å². The molecule has 1 rings (SSSR count). The zero-order valence-electron chi connectivity index (χ0n) is 11.0. The minimum atomic E-state index is 0.932. The Morgan fingerprint density at radius 2 is 1.87 bits per heavy atom. The third-order valence-corrected chi connectivity index (χ3v) is 3.89. The lowest BCUT2D eigenvalue weighted by Crippen LogP contribution is -2.29. The van der Waals surface area contributed by atoms with Gasteiger partial charge in [0.05, 0.1) is 0 Å². The van der Waals surface area contributed by atoms with Gasteiger partial charge in [-0.25, -0.2) is 0 Å². The van der Waals surface area contributed by atoms with E-state index in [0.717, 1.165) is 11.8 Å². The molecular formula is C14H29N. The Bertz CT molecular complexity index is 149. The molecule has 0 N–H and O–H groups in total. The molecule has 0 radical (unpaired) electrons. The highest BCUT2D eigenvalue weighted by Gasteiger charge is 2.18. The van der Waals surface area contributed by atoms with E-state index < -0.39 is 0 Å². The van der Waals surface area contributed by atoms with Crippen LogP contribution in [0, 0.1) is 11.8 Å². The van der Waals surface area contributed by atoms with Crippen LogP contribution in [0.15, 0.2) is 0 Å². The van der Waals surface area contributed by atoms with Gasteiger partial charge >= 0.3 is 0 Å². The highest BCUT2D eigenvalue weighted by atomic mass is 15.1. The van der Waals surface area contributed by atoms with Gasteiger partial charge in [0, 0.05) is 13.1 Å². The summed E-state index contributed by atoms with van der Waals surface area (Å²) in [6.07, 6.45) is 10.0. The van der Waals surface area contributed by atoms with Crippen molar-refractivity contribution < 1.29 is 0 Å². The van der Waals surface area contributed by atoms with E-state index >= 15 is 0 Å². The first-order chi connectivity index (χ1) is 7.26. The number of nitrogens with zero attached hydrogens (tertiary/aromatic N) is 1. The van der Waals surface area contributed by atoms with Crippen molar-refractivity contribution in [2.75, 3.05) is 20.1 Å². The van der Waals surface area contributed by atoms with Crippen LogP contribution in [0.4, 0.5) is 0 Å². The van der Waals surface area contributed by atoms with Gasteiger partial charge in [-0.1, -0.05) is 39.5 Å². The van der Waals surface area contributed by atoms with Gasteiger partial charge in [0.15, 0.2) is 0 Å². The Morgan fingerprint density at radius 3 is 2.40 bits per heavy atom. The molecule has 0 aromatic heterocycles. The van der Waals surface area contributed by atoms with Gasteiger partial charge < -0.3 is 4.90 Å². The van der Waals surface area contributed by atoms with E-state index in [1.165, 1.54) is 58.0 Å². The summed E-state index contributed by atoms with van der Waals surface area (Å²) in [6.45, 7) is 7.31. The van der Waals surface area contributed by atoms with E-state index in [0.29, 0.717) is 0 Å². The highest BCUT2D eigenvalue weighted by Crippen LogP contribution is 2.25. The fraction of sp³-hybridized carbons (Fsp3) is 1.00. The lowest BCUT2D eigenvalue weighted by Gasteiger charge is -2.25. The zero-order chi connectivity index (χ0) is 11.1. The van der Waals surface area contributed by atoms with Gasteiger partial charge in [0.25, 0.3) is 0 Å². The van der Waals surface area contributed by atoms with Crippen molar-refractivity contribution in [1.82, 2.24) is 4.90 Å². The second kappa shape index (κ2) is 7.27. The van der Waals surface area contributed by atoms with E-state index in [4.69, 9.17) is 0 Å². The lowest BCUT2D eigenvalue weighted by atomic mass is 9.99. The van der Waals surface area contributed by atoms with Gasteiger partial charge in [-0.2, -0.15) is 0 Å². The molecule has 0 saturated heterocycles. The third kappa shape index (κ3) is 5.01. The van der Waals surface area contributed by atoms with E-state index in [1.807, 2.05) is 0 Å². The number of hydrogen-bond acceptors (Lipinski definition) is 1. The van der Waals surface area contributed by atoms with E-state index in [-0.39, 0.29) is 0 Å². The summed E-state index contributed by atoms with van der Waals surface area (Å²) in [5, 5.41) is 0. The Hall–Kier alpha value is -0.0400. The van der Waals surface area contributed by atoms with Gasteiger partial charge in [-0.05, 0) is 38.1 Å². The summed E-state index contributed by atoms with van der Waals surface area (Å²) in [6, 6.07) is 0. The van der Waals surface area contributed by atoms with Crippen molar-refractivity contribution in [2.45, 2.75) is 58.8 Å². The van der Waals surface area contributed by atoms with Crippen molar-refractivity contribution in [2.24, 2.45) is 11.8 Å². The minimum absolute atomic E-state index is 0.932. The second-order valence-corrected chi connectivity index (χ2v) is 5.43. The molecule has 15 heavy (non-hydrogen) atoms. The Balaban J connectivity index is 2.17. The lowest BCUT2D eigenvalue weighted by molar-refractivity contribution is 0.228. The maximum absolute atomic E-state index is 2.58. The molecule has 1 atom stereocenters. The molecule has 0 spiro atoms. The summed E-state index contributed by atoms with van der Waals surface area (Å²) in [5.74, 6) is 1.94. The van der Waals surface area contributed by atoms with Crippen LogP contribution in [0.3, 0.4) is 0 Å². The van der Waals surface area contributed by atoms with Crippen molar-refractivity contribution in [3.05, 3.63) is 0 Å². The maximum Gasteiger partial charge on any atom is 0.000672 e. The SMILES string of the molecule is CCCC(CC)CN(C)CC1CCCC1. The molecule has 1 aliphatic rings. The average molecular weight is 211 g/mol. The molecule has 0 heterocycles. The summed E-state index contributed by atoms with van der Waals surface area (Å²) in [5.41, 5.74) is 0. The summed E-state index contributed by atoms with van der Waals surface area (Å²) >= 11 is 0. The zero-order valence-corrected chi connectivity index (χ0v) is 11.0. The van der Waals surface area contributed by atoms with Crippen molar-refractivity contribution >= 4 is 0 Å². The minimum Gasteiger partial charge on any atom is -0.306 e. The van der Waals surface area contributed by atoms with Gasteiger partial charge in [0.2, 0.25) is 0 Å². The van der Waals surface area contributed by atoms with Crippen LogP contribution in [0.5, 0.6) is 0 Å². The first-order valence-corrected chi connectivity index (χ1v) is 6.94. The summed E-state index contributed by atoms with van der Waals surface area (Å²) in [7, 11) is 2.32. The van der Waals surface area contributed by atoms with Crippen molar-refractivity contribution in [3.63, 3.8) is 0 Å². The summed E-state index contributed by atoms with van der Waals surface area (Å²) < 4.78 is 0. The molecule has 0 aromatic rings. The molecule has 1 unspecified atom stereocenters. The standard InChI is InChI=1S/C14H29N/c1-4-8-13(5-2)11-15(3)12-14-9-6-7-10-14/h13-14H,4-12H2,1-3H3. The van der Waals surface area contributed by atoms with E-state index in [2.05, 4.69) is 25.8 Å². The normalized spacial score (nSPS) is 20.0. The Kier molecular flexibility index (Phi) is 6.31. The predicted octanol–water partition coefficient (Wildman–Crippen LogP) is 3.93. The molecule has 1 aliphatic carbocycles. The first kappa shape index (κ1) is 13.0. The quantitative estimate of drug-likeness (QED) is 0.616. The topological polar surface area (TPSA) is 3.24 Å². The van der Waals surface area contributed by atoms with Gasteiger partial charge in [-0.15, -0.1) is 0 Å². The number of hydrogen-bond donors (Lipinski definition) is 0. The number of rotatable bonds is 7. The third-order valence-electron chi connectivity index (χ3n) is 3.89. The molecule has 1 saturated carbocycles. The van der Waals surface area contributed by atoms with Gasteiger partial charge in [0.1, 0.15) is 0 Å². The average Bonchev–Trinajstić information content (AvgIpc) is 2.69. The fourth-order valence-electron chi connectivity index (χ4n) is 2.98. The molecule has 1 heteroatoms. The molecule has 1 fully saturated rings. The largest absolute Gasteiger partial charge is 0.306 e. The van der Waals surface area contributed by atoms with Crippen LogP contribution in [-0.4, -0.2) is 25.0 Å². The smallest absolute Gasteiger partial charge is 0.000672 e. The molecule has 0 aliphatic heterocycles. The van der Waals surface area contributed by atoms with Crippen LogP contribution in [0.2, 0.25) is 0 Å². The summed E-state index contributed by atoms with van der Waals surface area (Å²) in [4.78, 5) is 2.58. The highest BCUT2D eigenvalue weighted by molar-refractivity contribution is 4.71. The fourth-order valence-corrected chi connectivity index (χ4v) is 2.98. The monoisotopic (exact) mass is 211 g/mol. The molecule has 0 aromatic carbocycles. The van der Waals surface area contributed by atoms with Crippen LogP contribution >= 0.6 is 0 Å². The van der Waals surface area contributed by atoms with Gasteiger partial charge in [-0.3, -0.25) is 0 Å². The van der Waals surface area contributed by atoms with E-state index in [9.17, 15) is 0 Å². The van der Waals surface area contributed by atoms with Crippen LogP contribution in [0.1, 0.15) is 58.8 Å². The molecule has 0 bridgehead atoms. The van der Waals surface area contributed by atoms with E-state index in [1.54, 1.807) is 0 Å². The first-order valence-electron chi connectivity index (χ1n) is 6.94. The van der Waals surface area contributed by atoms with Crippen molar-refractivity contribution in [1.29, 1.82) is 0 Å². The molecule has 90 valence electrons.